The lowest BCUT2D eigenvalue weighted by Gasteiger charge is -2.10. The van der Waals surface area contributed by atoms with E-state index < -0.39 is 0 Å². The summed E-state index contributed by atoms with van der Waals surface area (Å²) in [6.07, 6.45) is 3.21. The van der Waals surface area contributed by atoms with E-state index in [9.17, 15) is 4.79 Å². The first-order valence-electron chi connectivity index (χ1n) is 8.78. The Hall–Kier alpha value is -3.25. The Morgan fingerprint density at radius 3 is 2.79 bits per heavy atom. The molecule has 28 heavy (non-hydrogen) atoms. The van der Waals surface area contributed by atoms with Crippen LogP contribution in [0.4, 0.5) is 5.69 Å². The van der Waals surface area contributed by atoms with Gasteiger partial charge in [-0.2, -0.15) is 0 Å². The summed E-state index contributed by atoms with van der Waals surface area (Å²) in [5.41, 5.74) is 3.13. The van der Waals surface area contributed by atoms with Crippen molar-refractivity contribution >= 4 is 23.2 Å². The maximum atomic E-state index is 12.5. The standard InChI is InChI=1S/C21H18ClN3O3/c22-18-4-2-1-3-15(18)11-24-17-8-16(10-23-12-17)21(26)25-9-14-5-6-19-20(7-14)28-13-27-19/h1-8,10,12,24H,9,11,13H2,(H,25,26). The van der Waals surface area contributed by atoms with Gasteiger partial charge in [-0.1, -0.05) is 35.9 Å². The van der Waals surface area contributed by atoms with E-state index in [1.165, 1.54) is 6.20 Å². The predicted octanol–water partition coefficient (Wildman–Crippen LogP) is 4.01. The summed E-state index contributed by atoms with van der Waals surface area (Å²) in [6, 6.07) is 15.0. The van der Waals surface area contributed by atoms with Crippen molar-refractivity contribution in [1.82, 2.24) is 10.3 Å². The average Bonchev–Trinajstić information content (AvgIpc) is 3.19. The molecule has 7 heteroatoms. The van der Waals surface area contributed by atoms with Crippen molar-refractivity contribution in [3.8, 4) is 11.5 Å². The molecule has 2 aromatic carbocycles. The zero-order valence-corrected chi connectivity index (χ0v) is 15.7. The minimum atomic E-state index is -0.202. The second-order valence-corrected chi connectivity index (χ2v) is 6.68. The quantitative estimate of drug-likeness (QED) is 0.659. The van der Waals surface area contributed by atoms with Crippen LogP contribution in [-0.2, 0) is 13.1 Å². The van der Waals surface area contributed by atoms with Gasteiger partial charge >= 0.3 is 0 Å². The summed E-state index contributed by atoms with van der Waals surface area (Å²) in [5, 5.41) is 6.83. The number of hydrogen-bond acceptors (Lipinski definition) is 5. The van der Waals surface area contributed by atoms with Crippen LogP contribution >= 0.6 is 11.6 Å². The van der Waals surface area contributed by atoms with Crippen molar-refractivity contribution in [3.63, 3.8) is 0 Å². The molecular formula is C21H18ClN3O3. The highest BCUT2D eigenvalue weighted by Gasteiger charge is 2.14. The molecule has 0 radical (unpaired) electrons. The average molecular weight is 396 g/mol. The molecule has 142 valence electrons. The van der Waals surface area contributed by atoms with E-state index in [0.717, 1.165) is 22.6 Å². The zero-order chi connectivity index (χ0) is 19.3. The second kappa shape index (κ2) is 8.19. The van der Waals surface area contributed by atoms with Crippen LogP contribution in [0.3, 0.4) is 0 Å². The first-order chi connectivity index (χ1) is 13.7. The van der Waals surface area contributed by atoms with E-state index >= 15 is 0 Å². The fourth-order valence-electron chi connectivity index (χ4n) is 2.84. The first kappa shape index (κ1) is 18.1. The van der Waals surface area contributed by atoms with Crippen LogP contribution in [0.15, 0.2) is 60.9 Å². The number of rotatable bonds is 6. The van der Waals surface area contributed by atoms with Gasteiger partial charge in [0.1, 0.15) is 0 Å². The van der Waals surface area contributed by atoms with Gasteiger partial charge in [0.05, 0.1) is 11.3 Å². The van der Waals surface area contributed by atoms with Crippen LogP contribution in [0, 0.1) is 0 Å². The molecule has 1 aliphatic rings. The summed E-state index contributed by atoms with van der Waals surface area (Å²) in [4.78, 5) is 16.6. The molecular weight excluding hydrogens is 378 g/mol. The normalized spacial score (nSPS) is 11.9. The van der Waals surface area contributed by atoms with Gasteiger partial charge in [0.15, 0.2) is 11.5 Å². The van der Waals surface area contributed by atoms with E-state index in [1.54, 1.807) is 12.3 Å². The number of halogens is 1. The summed E-state index contributed by atoms with van der Waals surface area (Å²) in [6.45, 7) is 1.15. The molecule has 6 nitrogen and oxygen atoms in total. The molecule has 0 saturated heterocycles. The predicted molar refractivity (Wildman–Crippen MR) is 107 cm³/mol. The minimum absolute atomic E-state index is 0.202. The fraction of sp³-hybridized carbons (Fsp3) is 0.143. The van der Waals surface area contributed by atoms with Crippen LogP contribution in [-0.4, -0.2) is 17.7 Å². The molecule has 0 saturated carbocycles. The minimum Gasteiger partial charge on any atom is -0.454 e. The largest absolute Gasteiger partial charge is 0.454 e. The SMILES string of the molecule is O=C(NCc1ccc2c(c1)OCO2)c1cncc(NCc2ccccc2Cl)c1. The molecule has 0 unspecified atom stereocenters. The van der Waals surface area contributed by atoms with Gasteiger partial charge in [-0.05, 0) is 35.4 Å². The van der Waals surface area contributed by atoms with Crippen molar-refractivity contribution in [3.05, 3.63) is 82.6 Å². The lowest BCUT2D eigenvalue weighted by Crippen LogP contribution is -2.23. The Bertz CT molecular complexity index is 1010. The first-order valence-corrected chi connectivity index (χ1v) is 9.16. The zero-order valence-electron chi connectivity index (χ0n) is 14.9. The number of fused-ring (bicyclic) bond motifs is 1. The molecule has 0 spiro atoms. The molecule has 2 heterocycles. The summed E-state index contributed by atoms with van der Waals surface area (Å²) >= 11 is 6.17. The molecule has 1 aliphatic heterocycles. The molecule has 1 aromatic heterocycles. The third kappa shape index (κ3) is 4.18. The highest BCUT2D eigenvalue weighted by atomic mass is 35.5. The van der Waals surface area contributed by atoms with Gasteiger partial charge in [-0.15, -0.1) is 0 Å². The van der Waals surface area contributed by atoms with Crippen LogP contribution in [0.25, 0.3) is 0 Å². The smallest absolute Gasteiger partial charge is 0.253 e. The van der Waals surface area contributed by atoms with Gasteiger partial charge in [0.2, 0.25) is 6.79 Å². The van der Waals surface area contributed by atoms with Crippen molar-refractivity contribution in [2.24, 2.45) is 0 Å². The molecule has 3 aromatic rings. The van der Waals surface area contributed by atoms with E-state index in [0.29, 0.717) is 29.4 Å². The summed E-state index contributed by atoms with van der Waals surface area (Å²) in [7, 11) is 0. The van der Waals surface area contributed by atoms with E-state index in [1.807, 2.05) is 42.5 Å². The van der Waals surface area contributed by atoms with Crippen LogP contribution in [0.5, 0.6) is 11.5 Å². The molecule has 0 bridgehead atoms. The highest BCUT2D eigenvalue weighted by molar-refractivity contribution is 6.31. The maximum absolute atomic E-state index is 12.5. The van der Waals surface area contributed by atoms with Crippen molar-refractivity contribution in [2.75, 3.05) is 12.1 Å². The number of amides is 1. The number of ether oxygens (including phenoxy) is 2. The molecule has 0 aliphatic carbocycles. The number of aromatic nitrogens is 1. The number of pyridine rings is 1. The van der Waals surface area contributed by atoms with Gasteiger partial charge < -0.3 is 20.1 Å². The number of carbonyl (C=O) groups is 1. The molecule has 0 fully saturated rings. The summed E-state index contributed by atoms with van der Waals surface area (Å²) in [5.74, 6) is 1.21. The Kier molecular flexibility index (Phi) is 5.30. The highest BCUT2D eigenvalue weighted by Crippen LogP contribution is 2.32. The third-order valence-electron chi connectivity index (χ3n) is 4.33. The van der Waals surface area contributed by atoms with E-state index in [4.69, 9.17) is 21.1 Å². The topological polar surface area (TPSA) is 72.5 Å². The van der Waals surface area contributed by atoms with Gasteiger partial charge in [-0.25, -0.2) is 0 Å². The summed E-state index contributed by atoms with van der Waals surface area (Å²) < 4.78 is 10.6. The van der Waals surface area contributed by atoms with Crippen molar-refractivity contribution < 1.29 is 14.3 Å². The third-order valence-corrected chi connectivity index (χ3v) is 4.70. The number of hydrogen-bond donors (Lipinski definition) is 2. The molecule has 1 amide bonds. The van der Waals surface area contributed by atoms with Gasteiger partial charge in [0.25, 0.3) is 5.91 Å². The second-order valence-electron chi connectivity index (χ2n) is 6.28. The Morgan fingerprint density at radius 1 is 1.04 bits per heavy atom. The number of nitrogens with zero attached hydrogens (tertiary/aromatic N) is 1. The number of benzene rings is 2. The van der Waals surface area contributed by atoms with Crippen LogP contribution in [0.2, 0.25) is 5.02 Å². The van der Waals surface area contributed by atoms with Gasteiger partial charge in [0, 0.05) is 30.5 Å². The Balaban J connectivity index is 1.37. The monoisotopic (exact) mass is 395 g/mol. The van der Waals surface area contributed by atoms with Crippen LogP contribution in [0.1, 0.15) is 21.5 Å². The number of carbonyl (C=O) groups excluding carboxylic acids is 1. The Labute approximate surface area is 167 Å². The maximum Gasteiger partial charge on any atom is 0.253 e. The molecule has 2 N–H and O–H groups in total. The fourth-order valence-corrected chi connectivity index (χ4v) is 3.04. The van der Waals surface area contributed by atoms with Gasteiger partial charge in [-0.3, -0.25) is 9.78 Å². The Morgan fingerprint density at radius 2 is 1.89 bits per heavy atom. The number of nitrogens with one attached hydrogen (secondary N) is 2. The van der Waals surface area contributed by atoms with Crippen molar-refractivity contribution in [1.29, 1.82) is 0 Å². The molecule has 0 atom stereocenters. The lowest BCUT2D eigenvalue weighted by molar-refractivity contribution is 0.0950. The van der Waals surface area contributed by atoms with E-state index in [-0.39, 0.29) is 12.7 Å². The lowest BCUT2D eigenvalue weighted by atomic mass is 10.2. The van der Waals surface area contributed by atoms with Crippen LogP contribution < -0.4 is 20.1 Å². The van der Waals surface area contributed by atoms with E-state index in [2.05, 4.69) is 15.6 Å². The number of anilines is 1. The molecule has 4 rings (SSSR count). The van der Waals surface area contributed by atoms with Crippen molar-refractivity contribution in [2.45, 2.75) is 13.1 Å².